The summed E-state index contributed by atoms with van der Waals surface area (Å²) in [7, 11) is -3.67. The van der Waals surface area contributed by atoms with Gasteiger partial charge >= 0.3 is 0 Å². The summed E-state index contributed by atoms with van der Waals surface area (Å²) in [6.45, 7) is 5.42. The van der Waals surface area contributed by atoms with Crippen molar-refractivity contribution < 1.29 is 8.42 Å². The zero-order chi connectivity index (χ0) is 16.7. The summed E-state index contributed by atoms with van der Waals surface area (Å²) in [6.07, 6.45) is 3.18. The minimum Gasteiger partial charge on any atom is -0.346 e. The van der Waals surface area contributed by atoms with Crippen LogP contribution in [-0.2, 0) is 10.0 Å². The molecular formula is C16H18N4O2S. The Morgan fingerprint density at radius 2 is 1.83 bits per heavy atom. The molecule has 0 unspecified atom stereocenters. The van der Waals surface area contributed by atoms with E-state index in [9.17, 15) is 8.42 Å². The van der Waals surface area contributed by atoms with Crippen molar-refractivity contribution in [1.82, 2.24) is 19.7 Å². The van der Waals surface area contributed by atoms with E-state index in [4.69, 9.17) is 0 Å². The molecule has 0 fully saturated rings. The minimum atomic E-state index is -3.67. The van der Waals surface area contributed by atoms with Gasteiger partial charge in [0.25, 0.3) is 0 Å². The number of aromatic amines is 1. The van der Waals surface area contributed by atoms with E-state index < -0.39 is 15.6 Å². The Kier molecular flexibility index (Phi) is 3.69. The van der Waals surface area contributed by atoms with Crippen LogP contribution in [0.1, 0.15) is 20.8 Å². The minimum absolute atomic E-state index is 0.205. The van der Waals surface area contributed by atoms with Crippen molar-refractivity contribution >= 4 is 21.1 Å². The fraction of sp³-hybridized carbons (Fsp3) is 0.250. The molecule has 3 aromatic rings. The molecule has 0 bridgehead atoms. The molecule has 23 heavy (non-hydrogen) atoms. The van der Waals surface area contributed by atoms with Crippen molar-refractivity contribution in [3.63, 3.8) is 0 Å². The average molecular weight is 330 g/mol. The monoisotopic (exact) mass is 330 g/mol. The first-order valence-electron chi connectivity index (χ1n) is 7.19. The van der Waals surface area contributed by atoms with Gasteiger partial charge in [0.05, 0.1) is 10.6 Å². The highest BCUT2D eigenvalue weighted by atomic mass is 32.2. The Labute approximate surface area is 135 Å². The summed E-state index contributed by atoms with van der Waals surface area (Å²) >= 11 is 0. The van der Waals surface area contributed by atoms with E-state index in [-0.39, 0.29) is 4.90 Å². The van der Waals surface area contributed by atoms with Gasteiger partial charge in [-0.1, -0.05) is 18.2 Å². The van der Waals surface area contributed by atoms with E-state index in [1.54, 1.807) is 30.5 Å². The summed E-state index contributed by atoms with van der Waals surface area (Å²) in [6, 6.07) is 8.68. The van der Waals surface area contributed by atoms with Crippen LogP contribution in [0.15, 0.2) is 47.8 Å². The summed E-state index contributed by atoms with van der Waals surface area (Å²) in [4.78, 5) is 11.7. The van der Waals surface area contributed by atoms with Gasteiger partial charge < -0.3 is 4.98 Å². The standard InChI is InChI=1S/C16H18N4O2S/c1-16(2,3)20-23(21,22)13-7-5-4-6-11(13)14-12-8-9-17-15(12)19-10-18-14/h4-10,20H,1-3H3,(H,17,18,19). The molecule has 1 aromatic carbocycles. The predicted octanol–water partition coefficient (Wildman–Crippen LogP) is 2.70. The maximum absolute atomic E-state index is 12.8. The number of hydrogen-bond donors (Lipinski definition) is 2. The van der Waals surface area contributed by atoms with Crippen molar-refractivity contribution in [2.45, 2.75) is 31.2 Å². The molecule has 0 radical (unpaired) electrons. The number of H-pyrrole nitrogens is 1. The third-order valence-electron chi connectivity index (χ3n) is 3.23. The van der Waals surface area contributed by atoms with E-state index in [0.29, 0.717) is 16.9 Å². The average Bonchev–Trinajstić information content (AvgIpc) is 2.93. The molecule has 2 heterocycles. The molecule has 2 N–H and O–H groups in total. The second-order valence-electron chi connectivity index (χ2n) is 6.31. The zero-order valence-corrected chi connectivity index (χ0v) is 14.0. The van der Waals surface area contributed by atoms with Crippen LogP contribution in [0.5, 0.6) is 0 Å². The topological polar surface area (TPSA) is 87.7 Å². The maximum atomic E-state index is 12.8. The lowest BCUT2D eigenvalue weighted by Gasteiger charge is -2.21. The number of aromatic nitrogens is 3. The summed E-state index contributed by atoms with van der Waals surface area (Å²) in [5.41, 5.74) is 1.24. The van der Waals surface area contributed by atoms with Crippen LogP contribution >= 0.6 is 0 Å². The van der Waals surface area contributed by atoms with E-state index in [1.165, 1.54) is 6.33 Å². The highest BCUT2D eigenvalue weighted by Gasteiger charge is 2.25. The molecule has 0 amide bonds. The largest absolute Gasteiger partial charge is 0.346 e. The van der Waals surface area contributed by atoms with Crippen molar-refractivity contribution in [3.05, 3.63) is 42.9 Å². The zero-order valence-electron chi connectivity index (χ0n) is 13.2. The first-order chi connectivity index (χ1) is 10.8. The van der Waals surface area contributed by atoms with Crippen LogP contribution < -0.4 is 4.72 Å². The maximum Gasteiger partial charge on any atom is 0.241 e. The quantitative estimate of drug-likeness (QED) is 0.773. The van der Waals surface area contributed by atoms with Crippen LogP contribution in [0.2, 0.25) is 0 Å². The normalized spacial score (nSPS) is 12.7. The fourth-order valence-electron chi connectivity index (χ4n) is 2.44. The highest BCUT2D eigenvalue weighted by molar-refractivity contribution is 7.89. The summed E-state index contributed by atoms with van der Waals surface area (Å²) in [5.74, 6) is 0. The van der Waals surface area contributed by atoms with Gasteiger partial charge in [0.2, 0.25) is 10.0 Å². The molecule has 0 spiro atoms. The second kappa shape index (κ2) is 5.43. The van der Waals surface area contributed by atoms with Crippen molar-refractivity contribution in [2.75, 3.05) is 0 Å². The molecule has 0 aliphatic rings. The Morgan fingerprint density at radius 1 is 1.09 bits per heavy atom. The molecule has 0 saturated heterocycles. The summed E-state index contributed by atoms with van der Waals surface area (Å²) in [5, 5.41) is 0.783. The first kappa shape index (κ1) is 15.6. The molecule has 0 aliphatic carbocycles. The van der Waals surface area contributed by atoms with E-state index in [1.807, 2.05) is 26.8 Å². The molecule has 120 valence electrons. The SMILES string of the molecule is CC(C)(C)NS(=O)(=O)c1ccccc1-c1ncnc2[nH]ccc12. The van der Waals surface area contributed by atoms with Gasteiger partial charge in [-0.15, -0.1) is 0 Å². The Balaban J connectivity index is 2.22. The number of hydrogen-bond acceptors (Lipinski definition) is 4. The van der Waals surface area contributed by atoms with E-state index in [0.717, 1.165) is 5.39 Å². The molecule has 2 aromatic heterocycles. The fourth-order valence-corrected chi connectivity index (χ4v) is 4.07. The van der Waals surface area contributed by atoms with Gasteiger partial charge in [0.15, 0.2) is 0 Å². The van der Waals surface area contributed by atoms with Gasteiger partial charge in [-0.2, -0.15) is 0 Å². The molecule has 7 heteroatoms. The lowest BCUT2D eigenvalue weighted by atomic mass is 10.1. The van der Waals surface area contributed by atoms with E-state index >= 15 is 0 Å². The van der Waals surface area contributed by atoms with Crippen molar-refractivity contribution in [1.29, 1.82) is 0 Å². The Hall–Kier alpha value is -2.25. The van der Waals surface area contributed by atoms with Crippen LogP contribution in [-0.4, -0.2) is 28.9 Å². The van der Waals surface area contributed by atoms with Gasteiger partial charge in [-0.3, -0.25) is 0 Å². The van der Waals surface area contributed by atoms with Crippen LogP contribution in [0.4, 0.5) is 0 Å². The number of nitrogens with zero attached hydrogens (tertiary/aromatic N) is 2. The predicted molar refractivity (Wildman–Crippen MR) is 89.4 cm³/mol. The number of benzene rings is 1. The number of nitrogens with one attached hydrogen (secondary N) is 2. The van der Waals surface area contributed by atoms with Crippen LogP contribution in [0.25, 0.3) is 22.3 Å². The number of fused-ring (bicyclic) bond motifs is 1. The first-order valence-corrected chi connectivity index (χ1v) is 8.68. The van der Waals surface area contributed by atoms with Gasteiger partial charge in [0.1, 0.15) is 12.0 Å². The Morgan fingerprint density at radius 3 is 2.57 bits per heavy atom. The molecule has 0 aliphatic heterocycles. The molecule has 6 nitrogen and oxygen atoms in total. The third-order valence-corrected chi connectivity index (χ3v) is 5.04. The second-order valence-corrected chi connectivity index (χ2v) is 7.96. The lowest BCUT2D eigenvalue weighted by molar-refractivity contribution is 0.491. The number of sulfonamides is 1. The van der Waals surface area contributed by atoms with Crippen LogP contribution in [0, 0.1) is 0 Å². The van der Waals surface area contributed by atoms with Crippen molar-refractivity contribution in [2.24, 2.45) is 0 Å². The van der Waals surface area contributed by atoms with E-state index in [2.05, 4.69) is 19.7 Å². The molecule has 0 saturated carbocycles. The molecular weight excluding hydrogens is 312 g/mol. The lowest BCUT2D eigenvalue weighted by Crippen LogP contribution is -2.40. The smallest absolute Gasteiger partial charge is 0.241 e. The molecule has 0 atom stereocenters. The van der Waals surface area contributed by atoms with Crippen LogP contribution in [0.3, 0.4) is 0 Å². The van der Waals surface area contributed by atoms with Gasteiger partial charge in [0, 0.05) is 22.7 Å². The van der Waals surface area contributed by atoms with Gasteiger partial charge in [-0.05, 0) is 32.9 Å². The summed E-state index contributed by atoms with van der Waals surface area (Å²) < 4.78 is 28.2. The van der Waals surface area contributed by atoms with Crippen molar-refractivity contribution in [3.8, 4) is 11.3 Å². The van der Waals surface area contributed by atoms with Gasteiger partial charge in [-0.25, -0.2) is 23.1 Å². The Bertz CT molecular complexity index is 955. The number of rotatable bonds is 3. The highest BCUT2D eigenvalue weighted by Crippen LogP contribution is 2.30. The molecule has 3 rings (SSSR count). The third kappa shape index (κ3) is 3.11.